The number of piperazine rings is 1. The van der Waals surface area contributed by atoms with Gasteiger partial charge in [-0.3, -0.25) is 9.89 Å². The third-order valence-corrected chi connectivity index (χ3v) is 6.74. The van der Waals surface area contributed by atoms with Crippen molar-refractivity contribution in [1.29, 1.82) is 0 Å². The number of carbonyl (C=O) groups is 1. The minimum atomic E-state index is -3.17. The van der Waals surface area contributed by atoms with Crippen LogP contribution >= 0.6 is 11.8 Å². The Morgan fingerprint density at radius 2 is 1.92 bits per heavy atom. The van der Waals surface area contributed by atoms with Gasteiger partial charge in [0.05, 0.1) is 12.0 Å². The predicted octanol–water partition coefficient (Wildman–Crippen LogP) is 0.658. The molecular formula is C14H23N5O3S2. The molecule has 1 aliphatic heterocycles. The van der Waals surface area contributed by atoms with Crippen LogP contribution in [0.1, 0.15) is 37.4 Å². The van der Waals surface area contributed by atoms with Gasteiger partial charge in [-0.2, -0.15) is 4.31 Å². The Hall–Kier alpha value is -1.13. The molecule has 0 spiro atoms. The molecule has 2 aliphatic rings. The molecule has 10 heteroatoms. The number of aromatic nitrogens is 3. The van der Waals surface area contributed by atoms with Crippen molar-refractivity contribution in [3.8, 4) is 0 Å². The molecule has 2 fully saturated rings. The van der Waals surface area contributed by atoms with Gasteiger partial charge in [-0.05, 0) is 12.8 Å². The van der Waals surface area contributed by atoms with Crippen LogP contribution in [0.2, 0.25) is 0 Å². The van der Waals surface area contributed by atoms with Crippen LogP contribution in [0.3, 0.4) is 0 Å². The fourth-order valence-electron chi connectivity index (χ4n) is 3.19. The first-order valence-electron chi connectivity index (χ1n) is 8.21. The molecule has 0 aromatic carbocycles. The zero-order valence-electron chi connectivity index (χ0n) is 13.8. The lowest BCUT2D eigenvalue weighted by Gasteiger charge is -2.33. The summed E-state index contributed by atoms with van der Waals surface area (Å²) in [6.45, 7) is 1.60. The van der Waals surface area contributed by atoms with Gasteiger partial charge < -0.3 is 4.90 Å². The smallest absolute Gasteiger partial charge is 0.233 e. The quantitative estimate of drug-likeness (QED) is 0.761. The third-order valence-electron chi connectivity index (χ3n) is 4.61. The largest absolute Gasteiger partial charge is 0.339 e. The van der Waals surface area contributed by atoms with Crippen molar-refractivity contribution in [2.45, 2.75) is 36.8 Å². The summed E-state index contributed by atoms with van der Waals surface area (Å²) in [6.07, 6.45) is 5.99. The maximum absolute atomic E-state index is 12.3. The normalized spacial score (nSPS) is 20.6. The van der Waals surface area contributed by atoms with Crippen molar-refractivity contribution >= 4 is 27.7 Å². The van der Waals surface area contributed by atoms with E-state index in [0.717, 1.165) is 18.7 Å². The van der Waals surface area contributed by atoms with Crippen molar-refractivity contribution in [2.75, 3.05) is 38.2 Å². The molecule has 0 radical (unpaired) electrons. The molecule has 8 nitrogen and oxygen atoms in total. The monoisotopic (exact) mass is 373 g/mol. The highest BCUT2D eigenvalue weighted by Crippen LogP contribution is 2.32. The van der Waals surface area contributed by atoms with Crippen molar-refractivity contribution in [1.82, 2.24) is 24.4 Å². The second kappa shape index (κ2) is 7.40. The molecule has 3 rings (SSSR count). The van der Waals surface area contributed by atoms with Crippen molar-refractivity contribution < 1.29 is 13.2 Å². The number of nitrogens with one attached hydrogen (secondary N) is 1. The first kappa shape index (κ1) is 17.7. The molecule has 134 valence electrons. The Bertz CT molecular complexity index is 676. The number of thioether (sulfide) groups is 1. The average Bonchev–Trinajstić information content (AvgIpc) is 3.23. The number of sulfonamides is 1. The van der Waals surface area contributed by atoms with E-state index in [1.54, 1.807) is 4.90 Å². The molecule has 1 aromatic heterocycles. The van der Waals surface area contributed by atoms with E-state index >= 15 is 0 Å². The SMILES string of the molecule is CS(=O)(=O)N1CCN(C(=O)CSc2n[nH]c(C3CCCC3)n2)CC1. The van der Waals surface area contributed by atoms with E-state index in [4.69, 9.17) is 0 Å². The van der Waals surface area contributed by atoms with Crippen LogP contribution in [0.25, 0.3) is 0 Å². The zero-order valence-corrected chi connectivity index (χ0v) is 15.4. The minimum absolute atomic E-state index is 0.000340. The molecule has 1 amide bonds. The minimum Gasteiger partial charge on any atom is -0.339 e. The standard InChI is InChI=1S/C14H23N5O3S2/c1-24(21,22)19-8-6-18(7-9-19)12(20)10-23-14-15-13(16-17-14)11-4-2-3-5-11/h11H,2-10H2,1H3,(H,15,16,17). The van der Waals surface area contributed by atoms with Crippen molar-refractivity contribution in [3.05, 3.63) is 5.82 Å². The summed E-state index contributed by atoms with van der Waals surface area (Å²) in [5.74, 6) is 1.69. The number of aromatic amines is 1. The van der Waals surface area contributed by atoms with Gasteiger partial charge in [-0.25, -0.2) is 13.4 Å². The molecule has 1 N–H and O–H groups in total. The van der Waals surface area contributed by atoms with Crippen LogP contribution in [0.4, 0.5) is 0 Å². The predicted molar refractivity (Wildman–Crippen MR) is 91.3 cm³/mol. The topological polar surface area (TPSA) is 99.3 Å². The van der Waals surface area contributed by atoms with E-state index in [2.05, 4.69) is 15.2 Å². The van der Waals surface area contributed by atoms with Gasteiger partial charge >= 0.3 is 0 Å². The molecule has 1 saturated carbocycles. The maximum Gasteiger partial charge on any atom is 0.233 e. The van der Waals surface area contributed by atoms with Crippen LogP contribution in [0.5, 0.6) is 0 Å². The summed E-state index contributed by atoms with van der Waals surface area (Å²) >= 11 is 1.33. The highest BCUT2D eigenvalue weighted by molar-refractivity contribution is 7.99. The second-order valence-corrected chi connectivity index (χ2v) is 9.24. The fourth-order valence-corrected chi connectivity index (χ4v) is 4.73. The van der Waals surface area contributed by atoms with E-state index in [9.17, 15) is 13.2 Å². The molecule has 2 heterocycles. The van der Waals surface area contributed by atoms with Crippen LogP contribution in [0, 0.1) is 0 Å². The Balaban J connectivity index is 1.46. The number of amides is 1. The summed E-state index contributed by atoms with van der Waals surface area (Å²) in [7, 11) is -3.17. The fraction of sp³-hybridized carbons (Fsp3) is 0.786. The number of nitrogens with zero attached hydrogens (tertiary/aromatic N) is 4. The number of H-pyrrole nitrogens is 1. The van der Waals surface area contributed by atoms with Crippen LogP contribution in [-0.4, -0.2) is 76.9 Å². The molecule has 0 bridgehead atoms. The highest BCUT2D eigenvalue weighted by Gasteiger charge is 2.26. The lowest BCUT2D eigenvalue weighted by molar-refractivity contribution is -0.129. The molecule has 1 saturated heterocycles. The molecule has 1 aromatic rings. The van der Waals surface area contributed by atoms with Gasteiger partial charge in [0.15, 0.2) is 0 Å². The molecular weight excluding hydrogens is 350 g/mol. The molecule has 0 atom stereocenters. The number of hydrogen-bond donors (Lipinski definition) is 1. The maximum atomic E-state index is 12.3. The molecule has 0 unspecified atom stereocenters. The first-order valence-corrected chi connectivity index (χ1v) is 11.0. The summed E-state index contributed by atoms with van der Waals surface area (Å²) < 4.78 is 24.4. The summed E-state index contributed by atoms with van der Waals surface area (Å²) in [6, 6.07) is 0. The first-order chi connectivity index (χ1) is 11.4. The Labute approximate surface area is 146 Å². The molecule has 1 aliphatic carbocycles. The van der Waals surface area contributed by atoms with E-state index in [0.29, 0.717) is 37.3 Å². The van der Waals surface area contributed by atoms with Gasteiger partial charge in [0, 0.05) is 32.1 Å². The number of hydrogen-bond acceptors (Lipinski definition) is 6. The van der Waals surface area contributed by atoms with Crippen LogP contribution in [-0.2, 0) is 14.8 Å². The van der Waals surface area contributed by atoms with Crippen molar-refractivity contribution in [3.63, 3.8) is 0 Å². The van der Waals surface area contributed by atoms with Crippen molar-refractivity contribution in [2.24, 2.45) is 0 Å². The van der Waals surface area contributed by atoms with E-state index in [1.807, 2.05) is 0 Å². The Morgan fingerprint density at radius 1 is 1.25 bits per heavy atom. The van der Waals surface area contributed by atoms with Gasteiger partial charge in [0.25, 0.3) is 0 Å². The molecule has 24 heavy (non-hydrogen) atoms. The lowest BCUT2D eigenvalue weighted by Crippen LogP contribution is -2.50. The van der Waals surface area contributed by atoms with Gasteiger partial charge in [-0.1, -0.05) is 24.6 Å². The summed E-state index contributed by atoms with van der Waals surface area (Å²) in [5, 5.41) is 7.80. The Kier molecular flexibility index (Phi) is 5.46. The van der Waals surface area contributed by atoms with Crippen LogP contribution < -0.4 is 0 Å². The summed E-state index contributed by atoms with van der Waals surface area (Å²) in [5.41, 5.74) is 0. The van der Waals surface area contributed by atoms with Gasteiger partial charge in [0.1, 0.15) is 5.82 Å². The van der Waals surface area contributed by atoms with Gasteiger partial charge in [-0.15, -0.1) is 5.10 Å². The third kappa shape index (κ3) is 4.28. The Morgan fingerprint density at radius 3 is 2.54 bits per heavy atom. The summed E-state index contributed by atoms with van der Waals surface area (Å²) in [4.78, 5) is 18.5. The van der Waals surface area contributed by atoms with E-state index in [-0.39, 0.29) is 11.7 Å². The van der Waals surface area contributed by atoms with Crippen LogP contribution in [0.15, 0.2) is 5.16 Å². The van der Waals surface area contributed by atoms with Gasteiger partial charge in [0.2, 0.25) is 21.1 Å². The van der Waals surface area contributed by atoms with E-state index in [1.165, 1.54) is 35.2 Å². The average molecular weight is 374 g/mol. The highest BCUT2D eigenvalue weighted by atomic mass is 32.2. The van der Waals surface area contributed by atoms with E-state index < -0.39 is 10.0 Å². The zero-order chi connectivity index (χ0) is 17.2. The second-order valence-electron chi connectivity index (χ2n) is 6.32. The lowest BCUT2D eigenvalue weighted by atomic mass is 10.1. The number of rotatable bonds is 5. The number of carbonyl (C=O) groups excluding carboxylic acids is 1.